The summed E-state index contributed by atoms with van der Waals surface area (Å²) in [7, 11) is 0. The molecule has 1 atom stereocenters. The Bertz CT molecular complexity index is 1820. The summed E-state index contributed by atoms with van der Waals surface area (Å²) in [4.78, 5) is 21.3. The van der Waals surface area contributed by atoms with Gasteiger partial charge < -0.3 is 15.7 Å². The van der Waals surface area contributed by atoms with Gasteiger partial charge in [-0.25, -0.2) is 0 Å². The number of nitrogens with one attached hydrogen (secondary N) is 2. The summed E-state index contributed by atoms with van der Waals surface area (Å²) in [6, 6.07) is 27.3. The fraction of sp³-hybridized carbons (Fsp3) is 0.265. The molecule has 1 fully saturated rings. The predicted octanol–water partition coefficient (Wildman–Crippen LogP) is 5.50. The molecule has 8 heteroatoms. The molecule has 3 aromatic carbocycles. The molecule has 1 aliphatic heterocycles. The largest absolute Gasteiger partial charge is 0.369 e. The van der Waals surface area contributed by atoms with Gasteiger partial charge in [-0.3, -0.25) is 14.3 Å². The third-order valence-electron chi connectivity index (χ3n) is 8.82. The summed E-state index contributed by atoms with van der Waals surface area (Å²) in [5, 5.41) is 12.2. The van der Waals surface area contributed by atoms with Crippen LogP contribution >= 0.6 is 0 Å². The van der Waals surface area contributed by atoms with Gasteiger partial charge in [0, 0.05) is 52.2 Å². The number of hydrogen-bond donors (Lipinski definition) is 3. The van der Waals surface area contributed by atoms with E-state index in [1.807, 2.05) is 6.07 Å². The molecule has 0 saturated carbocycles. The highest BCUT2D eigenvalue weighted by molar-refractivity contribution is 5.83. The van der Waals surface area contributed by atoms with Gasteiger partial charge in [-0.05, 0) is 74.2 Å². The molecule has 1 amide bonds. The predicted molar refractivity (Wildman–Crippen MR) is 165 cm³/mol. The van der Waals surface area contributed by atoms with Crippen LogP contribution in [0.15, 0.2) is 91.3 Å². The van der Waals surface area contributed by atoms with Gasteiger partial charge in [-0.1, -0.05) is 54.6 Å². The van der Waals surface area contributed by atoms with Crippen LogP contribution in [0.1, 0.15) is 41.7 Å². The Labute approximate surface area is 244 Å². The van der Waals surface area contributed by atoms with Crippen LogP contribution in [0.5, 0.6) is 0 Å². The molecule has 4 heterocycles. The highest BCUT2D eigenvalue weighted by atomic mass is 16.1. The second kappa shape index (κ2) is 11.3. The highest BCUT2D eigenvalue weighted by Crippen LogP contribution is 2.33. The fourth-order valence-corrected chi connectivity index (χ4v) is 6.54. The smallest absolute Gasteiger partial charge is 0.220 e. The molecule has 4 N–H and O–H groups in total. The van der Waals surface area contributed by atoms with E-state index in [4.69, 9.17) is 15.9 Å². The first-order chi connectivity index (χ1) is 20.7. The minimum absolute atomic E-state index is 0.0208. The van der Waals surface area contributed by atoms with Crippen LogP contribution in [-0.4, -0.2) is 48.6 Å². The van der Waals surface area contributed by atoms with Crippen LogP contribution in [0.2, 0.25) is 0 Å². The van der Waals surface area contributed by atoms with Crippen molar-refractivity contribution in [1.29, 1.82) is 0 Å². The van der Waals surface area contributed by atoms with Crippen molar-refractivity contribution in [3.8, 4) is 5.69 Å². The summed E-state index contributed by atoms with van der Waals surface area (Å²) in [6.45, 7) is 1.57. The normalized spacial score (nSPS) is 15.4. The van der Waals surface area contributed by atoms with Crippen LogP contribution in [0, 0.1) is 5.92 Å². The van der Waals surface area contributed by atoms with Gasteiger partial charge in [0.1, 0.15) is 5.82 Å². The number of nitrogens with zero attached hydrogens (tertiary/aromatic N) is 4. The molecular weight excluding hydrogens is 522 g/mol. The Hall–Kier alpha value is -4.69. The second-order valence-corrected chi connectivity index (χ2v) is 11.3. The highest BCUT2D eigenvalue weighted by Gasteiger charge is 2.33. The Morgan fingerprint density at radius 1 is 0.810 bits per heavy atom. The number of piperidine rings is 1. The van der Waals surface area contributed by atoms with Crippen LogP contribution in [0.25, 0.3) is 27.5 Å². The molecular formula is C34H35N7O. The maximum atomic E-state index is 12.0. The molecule has 1 aliphatic rings. The summed E-state index contributed by atoms with van der Waals surface area (Å²) >= 11 is 0. The molecule has 7 rings (SSSR count). The molecule has 8 nitrogen and oxygen atoms in total. The Kier molecular flexibility index (Phi) is 7.05. The Morgan fingerprint density at radius 3 is 2.12 bits per heavy atom. The summed E-state index contributed by atoms with van der Waals surface area (Å²) in [6.07, 6.45) is 8.13. The van der Waals surface area contributed by atoms with Gasteiger partial charge in [-0.15, -0.1) is 10.2 Å². The molecule has 0 radical (unpaired) electrons. The van der Waals surface area contributed by atoms with E-state index >= 15 is 0 Å². The lowest BCUT2D eigenvalue weighted by atomic mass is 9.93. The third-order valence-corrected chi connectivity index (χ3v) is 8.82. The number of rotatable bonds is 9. The SMILES string of the molecule is NC(=O)C1CCN(C(Cc2c[nH]c3ccccc23)c2nnc(CCc3c[nH]c4ccccc34)n2-c2ccccc2)CC1. The molecule has 212 valence electrons. The van der Waals surface area contributed by atoms with Crippen molar-refractivity contribution >= 4 is 27.7 Å². The Balaban J connectivity index is 1.27. The van der Waals surface area contributed by atoms with Gasteiger partial charge in [0.25, 0.3) is 0 Å². The summed E-state index contributed by atoms with van der Waals surface area (Å²) in [5.74, 6) is 1.60. The standard InChI is InChI=1S/C34H35N7O/c35-33(42)23-16-18-40(19-17-23)31(20-25-22-37-30-13-7-5-11-28(25)30)34-39-38-32(41(34)26-8-2-1-3-9-26)15-14-24-21-36-29-12-6-4-10-27(24)29/h1-13,21-23,31,36-37H,14-20H2,(H2,35,42). The molecule has 3 aromatic heterocycles. The van der Waals surface area contributed by atoms with E-state index in [1.54, 1.807) is 0 Å². The van der Waals surface area contributed by atoms with Gasteiger partial charge in [0.05, 0.1) is 6.04 Å². The molecule has 1 unspecified atom stereocenters. The van der Waals surface area contributed by atoms with E-state index in [0.717, 1.165) is 73.6 Å². The molecule has 0 aliphatic carbocycles. The quantitative estimate of drug-likeness (QED) is 0.218. The second-order valence-electron chi connectivity index (χ2n) is 11.3. The number of aromatic amines is 2. The van der Waals surface area contributed by atoms with E-state index < -0.39 is 0 Å². The molecule has 0 bridgehead atoms. The van der Waals surface area contributed by atoms with Crippen molar-refractivity contribution in [2.24, 2.45) is 11.7 Å². The number of benzene rings is 3. The number of para-hydroxylation sites is 3. The van der Waals surface area contributed by atoms with E-state index in [9.17, 15) is 4.79 Å². The summed E-state index contributed by atoms with van der Waals surface area (Å²) in [5.41, 5.74) is 11.5. The number of carbonyl (C=O) groups excluding carboxylic acids is 1. The lowest BCUT2D eigenvalue weighted by Gasteiger charge is -2.36. The van der Waals surface area contributed by atoms with Crippen molar-refractivity contribution in [2.45, 2.75) is 38.1 Å². The van der Waals surface area contributed by atoms with Crippen molar-refractivity contribution < 1.29 is 4.79 Å². The number of H-pyrrole nitrogens is 2. The van der Waals surface area contributed by atoms with Crippen molar-refractivity contribution in [3.63, 3.8) is 0 Å². The van der Waals surface area contributed by atoms with Crippen molar-refractivity contribution in [2.75, 3.05) is 13.1 Å². The first-order valence-electron chi connectivity index (χ1n) is 14.8. The maximum absolute atomic E-state index is 12.0. The number of carbonyl (C=O) groups is 1. The monoisotopic (exact) mass is 557 g/mol. The number of aromatic nitrogens is 5. The third kappa shape index (κ3) is 4.99. The van der Waals surface area contributed by atoms with E-state index in [1.165, 1.54) is 21.9 Å². The van der Waals surface area contributed by atoms with E-state index in [0.29, 0.717) is 0 Å². The molecule has 0 spiro atoms. The minimum Gasteiger partial charge on any atom is -0.369 e. The van der Waals surface area contributed by atoms with Crippen LogP contribution < -0.4 is 5.73 Å². The van der Waals surface area contributed by atoms with E-state index in [2.05, 4.69) is 105 Å². The van der Waals surface area contributed by atoms with Crippen molar-refractivity contribution in [1.82, 2.24) is 29.6 Å². The van der Waals surface area contributed by atoms with Gasteiger partial charge in [-0.2, -0.15) is 0 Å². The molecule has 1 saturated heterocycles. The number of fused-ring (bicyclic) bond motifs is 2. The first kappa shape index (κ1) is 26.2. The molecule has 42 heavy (non-hydrogen) atoms. The number of amides is 1. The average molecular weight is 558 g/mol. The zero-order valence-electron chi connectivity index (χ0n) is 23.5. The lowest BCUT2D eigenvalue weighted by molar-refractivity contribution is -0.123. The number of likely N-dealkylation sites (tertiary alicyclic amines) is 1. The topological polar surface area (TPSA) is 109 Å². The average Bonchev–Trinajstić information content (AvgIpc) is 3.76. The van der Waals surface area contributed by atoms with Crippen LogP contribution in [0.3, 0.4) is 0 Å². The van der Waals surface area contributed by atoms with Crippen molar-refractivity contribution in [3.05, 3.63) is 114 Å². The lowest BCUT2D eigenvalue weighted by Crippen LogP contribution is -2.41. The van der Waals surface area contributed by atoms with Gasteiger partial charge in [0.2, 0.25) is 5.91 Å². The number of nitrogens with two attached hydrogens (primary N) is 1. The number of primary amides is 1. The zero-order valence-corrected chi connectivity index (χ0v) is 23.5. The number of aryl methyl sites for hydroxylation is 2. The van der Waals surface area contributed by atoms with Gasteiger partial charge >= 0.3 is 0 Å². The minimum atomic E-state index is -0.199. The maximum Gasteiger partial charge on any atom is 0.220 e. The first-order valence-corrected chi connectivity index (χ1v) is 14.8. The zero-order chi connectivity index (χ0) is 28.5. The molecule has 6 aromatic rings. The fourth-order valence-electron chi connectivity index (χ4n) is 6.54. The summed E-state index contributed by atoms with van der Waals surface area (Å²) < 4.78 is 2.26. The Morgan fingerprint density at radius 2 is 1.43 bits per heavy atom. The van der Waals surface area contributed by atoms with Crippen LogP contribution in [0.4, 0.5) is 0 Å². The van der Waals surface area contributed by atoms with Gasteiger partial charge in [0.15, 0.2) is 5.82 Å². The van der Waals surface area contributed by atoms with Crippen LogP contribution in [-0.2, 0) is 24.1 Å². The van der Waals surface area contributed by atoms with E-state index in [-0.39, 0.29) is 17.9 Å². The number of hydrogen-bond acceptors (Lipinski definition) is 4.